The van der Waals surface area contributed by atoms with Crippen LogP contribution >= 0.6 is 11.3 Å². The fourth-order valence-corrected chi connectivity index (χ4v) is 6.06. The highest BCUT2D eigenvalue weighted by atomic mass is 32.2. The van der Waals surface area contributed by atoms with Crippen molar-refractivity contribution in [1.82, 2.24) is 8.87 Å². The average molecular weight is 492 g/mol. The molecule has 7 nitrogen and oxygen atoms in total. The maximum absolute atomic E-state index is 12.9. The van der Waals surface area contributed by atoms with Crippen molar-refractivity contribution in [3.8, 4) is 0 Å². The van der Waals surface area contributed by atoms with Gasteiger partial charge in [-0.25, -0.2) is 8.42 Å². The van der Waals surface area contributed by atoms with Crippen LogP contribution in [0.1, 0.15) is 16.1 Å². The molecular formula is C25H21N3O4S2. The van der Waals surface area contributed by atoms with Gasteiger partial charge in [0.25, 0.3) is 5.91 Å². The van der Waals surface area contributed by atoms with Crippen LogP contribution in [0.25, 0.3) is 21.0 Å². The second-order valence-electron chi connectivity index (χ2n) is 7.86. The molecule has 34 heavy (non-hydrogen) atoms. The summed E-state index contributed by atoms with van der Waals surface area (Å²) in [6.07, 6.45) is 1.50. The molecule has 1 amide bonds. The number of carbonyl (C=O) groups is 1. The largest absolute Gasteiger partial charge is 0.468 e. The van der Waals surface area contributed by atoms with Gasteiger partial charge < -0.3 is 8.98 Å². The molecular weight excluding hydrogens is 470 g/mol. The van der Waals surface area contributed by atoms with Crippen LogP contribution in [0.5, 0.6) is 0 Å². The molecule has 0 N–H and O–H groups in total. The summed E-state index contributed by atoms with van der Waals surface area (Å²) < 4.78 is 35.1. The number of thiazole rings is 1. The number of furan rings is 1. The lowest BCUT2D eigenvalue weighted by atomic mass is 10.1. The SMILES string of the molecule is CN(Cc1ccco1)S(=O)(=O)c1ccc(C(=O)N=c2sc3c4ccccc4ccc3n2C)cc1. The van der Waals surface area contributed by atoms with Gasteiger partial charge in [-0.05, 0) is 47.9 Å². The van der Waals surface area contributed by atoms with Crippen molar-refractivity contribution in [2.75, 3.05) is 7.05 Å². The molecule has 0 saturated carbocycles. The highest BCUT2D eigenvalue weighted by molar-refractivity contribution is 7.89. The number of aryl methyl sites for hydroxylation is 1. The number of benzene rings is 3. The number of hydrogen-bond acceptors (Lipinski definition) is 5. The zero-order chi connectivity index (χ0) is 23.9. The predicted molar refractivity (Wildman–Crippen MR) is 132 cm³/mol. The highest BCUT2D eigenvalue weighted by Gasteiger charge is 2.22. The summed E-state index contributed by atoms with van der Waals surface area (Å²) in [6, 6.07) is 21.4. The van der Waals surface area contributed by atoms with Gasteiger partial charge in [0.05, 0.1) is 27.9 Å². The van der Waals surface area contributed by atoms with Gasteiger partial charge in [0.2, 0.25) is 10.0 Å². The number of rotatable bonds is 5. The summed E-state index contributed by atoms with van der Waals surface area (Å²) in [4.78, 5) is 17.9. The molecule has 5 aromatic rings. The van der Waals surface area contributed by atoms with Crippen molar-refractivity contribution < 1.29 is 17.6 Å². The highest BCUT2D eigenvalue weighted by Crippen LogP contribution is 2.27. The van der Waals surface area contributed by atoms with Gasteiger partial charge in [-0.2, -0.15) is 9.30 Å². The predicted octanol–water partition coefficient (Wildman–Crippen LogP) is 4.55. The molecule has 0 aliphatic heterocycles. The number of aromatic nitrogens is 1. The van der Waals surface area contributed by atoms with Crippen LogP contribution in [-0.2, 0) is 23.6 Å². The Hall–Kier alpha value is -3.53. The van der Waals surface area contributed by atoms with E-state index in [1.54, 1.807) is 12.1 Å². The van der Waals surface area contributed by atoms with Gasteiger partial charge in [-0.1, -0.05) is 41.7 Å². The number of nitrogens with zero attached hydrogens (tertiary/aromatic N) is 3. The summed E-state index contributed by atoms with van der Waals surface area (Å²) in [5, 5.41) is 2.24. The van der Waals surface area contributed by atoms with Crippen LogP contribution < -0.4 is 4.80 Å². The van der Waals surface area contributed by atoms with E-state index in [4.69, 9.17) is 4.42 Å². The standard InChI is InChI=1S/C25H21N3O4S2/c1-27(16-19-7-5-15-32-19)34(30,31)20-12-9-18(10-13-20)24(29)26-25-28(2)22-14-11-17-6-3-4-8-21(17)23(22)33-25/h3-15H,16H2,1-2H3. The maximum Gasteiger partial charge on any atom is 0.279 e. The van der Waals surface area contributed by atoms with Gasteiger partial charge in [0, 0.05) is 25.0 Å². The fraction of sp³-hybridized carbons (Fsp3) is 0.120. The van der Waals surface area contributed by atoms with Crippen molar-refractivity contribution >= 4 is 48.3 Å². The minimum atomic E-state index is -3.73. The van der Waals surface area contributed by atoms with Gasteiger partial charge in [0.15, 0.2) is 4.80 Å². The Morgan fingerprint density at radius 2 is 1.79 bits per heavy atom. The van der Waals surface area contributed by atoms with Crippen molar-refractivity contribution in [2.45, 2.75) is 11.4 Å². The Kier molecular flexibility index (Phi) is 5.68. The third-order valence-corrected chi connectivity index (χ3v) is 8.66. The molecule has 9 heteroatoms. The van der Waals surface area contributed by atoms with E-state index in [0.717, 1.165) is 21.0 Å². The number of sulfonamides is 1. The summed E-state index contributed by atoms with van der Waals surface area (Å²) in [7, 11) is -0.369. The Morgan fingerprint density at radius 3 is 2.53 bits per heavy atom. The smallest absolute Gasteiger partial charge is 0.279 e. The van der Waals surface area contributed by atoms with E-state index < -0.39 is 15.9 Å². The molecule has 0 bridgehead atoms. The molecule has 0 radical (unpaired) electrons. The first-order valence-corrected chi connectivity index (χ1v) is 12.8. The normalized spacial score (nSPS) is 12.7. The number of fused-ring (bicyclic) bond motifs is 3. The van der Waals surface area contributed by atoms with Crippen LogP contribution in [-0.4, -0.2) is 30.2 Å². The maximum atomic E-state index is 12.9. The lowest BCUT2D eigenvalue weighted by molar-refractivity contribution is 0.0998. The second-order valence-corrected chi connectivity index (χ2v) is 10.9. The molecule has 0 fully saturated rings. The third-order valence-electron chi connectivity index (χ3n) is 5.67. The first kappa shape index (κ1) is 22.3. The van der Waals surface area contributed by atoms with Crippen LogP contribution in [0.4, 0.5) is 0 Å². The van der Waals surface area contributed by atoms with E-state index in [-0.39, 0.29) is 11.4 Å². The summed E-state index contributed by atoms with van der Waals surface area (Å²) in [6.45, 7) is 0.114. The number of amides is 1. The van der Waals surface area contributed by atoms with Crippen LogP contribution in [0.15, 0.2) is 93.4 Å². The molecule has 3 aromatic carbocycles. The van der Waals surface area contributed by atoms with E-state index >= 15 is 0 Å². The molecule has 172 valence electrons. The Balaban J connectivity index is 1.44. The van der Waals surface area contributed by atoms with Crippen molar-refractivity contribution in [1.29, 1.82) is 0 Å². The lowest BCUT2D eigenvalue weighted by Gasteiger charge is -2.16. The quantitative estimate of drug-likeness (QED) is 0.361. The summed E-state index contributed by atoms with van der Waals surface area (Å²) >= 11 is 1.45. The molecule has 0 aliphatic carbocycles. The molecule has 0 spiro atoms. The fourth-order valence-electron chi connectivity index (χ4n) is 3.77. The van der Waals surface area contributed by atoms with E-state index in [1.165, 1.54) is 53.2 Å². The van der Waals surface area contributed by atoms with E-state index in [0.29, 0.717) is 16.1 Å². The van der Waals surface area contributed by atoms with E-state index in [1.807, 2.05) is 29.8 Å². The monoisotopic (exact) mass is 491 g/mol. The van der Waals surface area contributed by atoms with Gasteiger partial charge in [0.1, 0.15) is 5.76 Å². The molecule has 2 heterocycles. The molecule has 0 atom stereocenters. The summed E-state index contributed by atoms with van der Waals surface area (Å²) in [5.74, 6) is 0.111. The lowest BCUT2D eigenvalue weighted by Crippen LogP contribution is -2.26. The Bertz CT molecular complexity index is 1680. The first-order chi connectivity index (χ1) is 16.3. The molecule has 0 aliphatic rings. The minimum absolute atomic E-state index is 0.0944. The van der Waals surface area contributed by atoms with Crippen LogP contribution in [0.2, 0.25) is 0 Å². The number of hydrogen-bond donors (Lipinski definition) is 0. The second kappa shape index (κ2) is 8.68. The zero-order valence-electron chi connectivity index (χ0n) is 18.5. The van der Waals surface area contributed by atoms with Crippen LogP contribution in [0.3, 0.4) is 0 Å². The van der Waals surface area contributed by atoms with Crippen molar-refractivity contribution in [2.24, 2.45) is 12.0 Å². The molecule has 2 aromatic heterocycles. The van der Waals surface area contributed by atoms with Gasteiger partial charge in [-0.3, -0.25) is 4.79 Å². The summed E-state index contributed by atoms with van der Waals surface area (Å²) in [5.41, 5.74) is 1.31. The van der Waals surface area contributed by atoms with Crippen LogP contribution in [0, 0.1) is 0 Å². The first-order valence-electron chi connectivity index (χ1n) is 10.5. The molecule has 5 rings (SSSR count). The third kappa shape index (κ3) is 3.98. The van der Waals surface area contributed by atoms with Gasteiger partial charge >= 0.3 is 0 Å². The Morgan fingerprint density at radius 1 is 1.03 bits per heavy atom. The van der Waals surface area contributed by atoms with Crippen molar-refractivity contribution in [3.63, 3.8) is 0 Å². The average Bonchev–Trinajstić information content (AvgIpc) is 3.47. The Labute approximate surface area is 200 Å². The minimum Gasteiger partial charge on any atom is -0.468 e. The topological polar surface area (TPSA) is 84.9 Å². The molecule has 0 unspecified atom stereocenters. The number of carbonyl (C=O) groups excluding carboxylic acids is 1. The van der Waals surface area contributed by atoms with E-state index in [2.05, 4.69) is 23.2 Å². The van der Waals surface area contributed by atoms with E-state index in [9.17, 15) is 13.2 Å². The van der Waals surface area contributed by atoms with Crippen molar-refractivity contribution in [3.05, 3.63) is 95.2 Å². The van der Waals surface area contributed by atoms with Gasteiger partial charge in [-0.15, -0.1) is 0 Å². The molecule has 0 saturated heterocycles. The zero-order valence-corrected chi connectivity index (χ0v) is 20.1.